The second-order valence-corrected chi connectivity index (χ2v) is 8.47. The summed E-state index contributed by atoms with van der Waals surface area (Å²) in [7, 11) is 4.28. The maximum atomic E-state index is 4.56. The molecule has 116 valence electrons. The fraction of sp³-hybridized carbons (Fsp3) is 0.812. The van der Waals surface area contributed by atoms with Crippen molar-refractivity contribution in [2.45, 2.75) is 59.0 Å². The average Bonchev–Trinajstić information content (AvgIpc) is 2.72. The highest BCUT2D eigenvalue weighted by Gasteiger charge is 2.18. The lowest BCUT2D eigenvalue weighted by Crippen LogP contribution is -2.38. The van der Waals surface area contributed by atoms with Gasteiger partial charge in [0.2, 0.25) is 0 Å². The molecule has 0 amide bonds. The van der Waals surface area contributed by atoms with Crippen molar-refractivity contribution in [1.82, 2.24) is 15.2 Å². The zero-order chi connectivity index (χ0) is 15.3. The molecule has 0 aliphatic rings. The van der Waals surface area contributed by atoms with Gasteiger partial charge in [-0.1, -0.05) is 34.6 Å². The highest BCUT2D eigenvalue weighted by Crippen LogP contribution is 2.26. The van der Waals surface area contributed by atoms with Crippen LogP contribution in [0.25, 0.3) is 0 Å². The van der Waals surface area contributed by atoms with Crippen LogP contribution in [0.1, 0.15) is 50.9 Å². The van der Waals surface area contributed by atoms with Crippen LogP contribution in [-0.4, -0.2) is 36.6 Å². The summed E-state index contributed by atoms with van der Waals surface area (Å²) in [5.74, 6) is 0.721. The van der Waals surface area contributed by atoms with E-state index in [0.717, 1.165) is 19.0 Å². The lowest BCUT2D eigenvalue weighted by Gasteiger charge is -2.23. The largest absolute Gasteiger partial charge is 0.308 e. The second kappa shape index (κ2) is 7.53. The number of hydrogen-bond donors (Lipinski definition) is 1. The maximum Gasteiger partial charge on any atom is 0.0981 e. The minimum absolute atomic E-state index is 0.157. The van der Waals surface area contributed by atoms with Crippen molar-refractivity contribution in [2.24, 2.45) is 5.92 Å². The number of nitrogens with zero attached hydrogens (tertiary/aromatic N) is 2. The van der Waals surface area contributed by atoms with E-state index < -0.39 is 0 Å². The smallest absolute Gasteiger partial charge is 0.0981 e. The molecular weight excluding hydrogens is 266 g/mol. The van der Waals surface area contributed by atoms with E-state index >= 15 is 0 Å². The van der Waals surface area contributed by atoms with Crippen LogP contribution in [0, 0.1) is 5.92 Å². The molecule has 0 saturated heterocycles. The lowest BCUT2D eigenvalue weighted by atomic mass is 9.98. The number of thiazole rings is 1. The van der Waals surface area contributed by atoms with Gasteiger partial charge in [0.25, 0.3) is 0 Å². The molecule has 0 aliphatic carbocycles. The normalized spacial score (nSPS) is 14.2. The minimum Gasteiger partial charge on any atom is -0.308 e. The fourth-order valence-electron chi connectivity index (χ4n) is 2.21. The summed E-state index contributed by atoms with van der Waals surface area (Å²) in [6.45, 7) is 13.2. The van der Waals surface area contributed by atoms with Crippen LogP contribution in [0.15, 0.2) is 6.20 Å². The van der Waals surface area contributed by atoms with Crippen molar-refractivity contribution in [2.75, 3.05) is 20.6 Å². The van der Waals surface area contributed by atoms with Gasteiger partial charge in [-0.15, -0.1) is 11.3 Å². The molecule has 1 aromatic rings. The van der Waals surface area contributed by atoms with E-state index in [2.05, 4.69) is 63.9 Å². The molecule has 0 spiro atoms. The van der Waals surface area contributed by atoms with Crippen molar-refractivity contribution in [1.29, 1.82) is 0 Å². The molecule has 0 bridgehead atoms. The standard InChI is InChI=1S/C16H31N3S/c1-12(2)8-13(11-19(6)7)17-9-14-10-18-15(20-14)16(3,4)5/h10,12-13,17H,8-9,11H2,1-7H3/t13-/m0/s1. The topological polar surface area (TPSA) is 28.2 Å². The van der Waals surface area contributed by atoms with Crippen LogP contribution >= 0.6 is 11.3 Å². The van der Waals surface area contributed by atoms with E-state index in [1.807, 2.05) is 17.5 Å². The van der Waals surface area contributed by atoms with E-state index in [9.17, 15) is 0 Å². The molecule has 3 nitrogen and oxygen atoms in total. The summed E-state index contributed by atoms with van der Waals surface area (Å²) in [5, 5.41) is 4.92. The van der Waals surface area contributed by atoms with E-state index in [-0.39, 0.29) is 5.41 Å². The predicted molar refractivity (Wildman–Crippen MR) is 89.5 cm³/mol. The average molecular weight is 298 g/mol. The van der Waals surface area contributed by atoms with Gasteiger partial charge < -0.3 is 10.2 Å². The predicted octanol–water partition coefficient (Wildman–Crippen LogP) is 3.51. The first kappa shape index (κ1) is 17.6. The zero-order valence-corrected chi connectivity index (χ0v) is 15.0. The molecule has 0 unspecified atom stereocenters. The summed E-state index contributed by atoms with van der Waals surface area (Å²) < 4.78 is 0. The fourth-order valence-corrected chi connectivity index (χ4v) is 3.13. The third-order valence-electron chi connectivity index (χ3n) is 3.10. The van der Waals surface area contributed by atoms with E-state index in [0.29, 0.717) is 6.04 Å². The molecule has 0 radical (unpaired) electrons. The first-order valence-electron chi connectivity index (χ1n) is 7.51. The van der Waals surface area contributed by atoms with Crippen LogP contribution < -0.4 is 5.32 Å². The Morgan fingerprint density at radius 3 is 2.40 bits per heavy atom. The molecule has 1 heterocycles. The Labute approximate surface area is 128 Å². The van der Waals surface area contributed by atoms with E-state index in [4.69, 9.17) is 0 Å². The van der Waals surface area contributed by atoms with Crippen LogP contribution in [0.3, 0.4) is 0 Å². The lowest BCUT2D eigenvalue weighted by molar-refractivity contribution is 0.305. The third-order valence-corrected chi connectivity index (χ3v) is 4.52. The van der Waals surface area contributed by atoms with Gasteiger partial charge in [0, 0.05) is 35.6 Å². The van der Waals surface area contributed by atoms with Crippen molar-refractivity contribution in [3.05, 3.63) is 16.1 Å². The summed E-state index contributed by atoms with van der Waals surface area (Å²) in [4.78, 5) is 8.15. The summed E-state index contributed by atoms with van der Waals surface area (Å²) >= 11 is 1.83. The molecule has 1 atom stereocenters. The molecule has 1 rings (SSSR count). The Balaban J connectivity index is 2.56. The van der Waals surface area contributed by atoms with Gasteiger partial charge in [0.15, 0.2) is 0 Å². The number of likely N-dealkylation sites (N-methyl/N-ethyl adjacent to an activating group) is 1. The molecule has 0 fully saturated rings. The van der Waals surface area contributed by atoms with Crippen LogP contribution in [0.2, 0.25) is 0 Å². The molecule has 20 heavy (non-hydrogen) atoms. The van der Waals surface area contributed by atoms with Crippen LogP contribution in [0.5, 0.6) is 0 Å². The van der Waals surface area contributed by atoms with Crippen LogP contribution in [-0.2, 0) is 12.0 Å². The van der Waals surface area contributed by atoms with Crippen LogP contribution in [0.4, 0.5) is 0 Å². The summed E-state index contributed by atoms with van der Waals surface area (Å²) in [6.07, 6.45) is 3.24. The van der Waals surface area contributed by atoms with Gasteiger partial charge >= 0.3 is 0 Å². The Morgan fingerprint density at radius 2 is 1.95 bits per heavy atom. The number of aromatic nitrogens is 1. The molecular formula is C16H31N3S. The first-order chi connectivity index (χ1) is 9.18. The molecule has 1 aromatic heterocycles. The summed E-state index contributed by atoms with van der Waals surface area (Å²) in [6, 6.07) is 0.546. The SMILES string of the molecule is CC(C)C[C@@H](CN(C)C)NCc1cnc(C(C)(C)C)s1. The summed E-state index contributed by atoms with van der Waals surface area (Å²) in [5.41, 5.74) is 0.157. The van der Waals surface area contributed by atoms with Gasteiger partial charge in [0.1, 0.15) is 0 Å². The number of rotatable bonds is 7. The zero-order valence-electron chi connectivity index (χ0n) is 14.2. The second-order valence-electron chi connectivity index (χ2n) is 7.35. The van der Waals surface area contributed by atoms with Gasteiger partial charge in [-0.05, 0) is 26.4 Å². The third kappa shape index (κ3) is 6.33. The van der Waals surface area contributed by atoms with Gasteiger partial charge in [-0.3, -0.25) is 0 Å². The minimum atomic E-state index is 0.157. The molecule has 4 heteroatoms. The molecule has 0 aromatic carbocycles. The first-order valence-corrected chi connectivity index (χ1v) is 8.33. The quantitative estimate of drug-likeness (QED) is 0.835. The Morgan fingerprint density at radius 1 is 1.30 bits per heavy atom. The Kier molecular flexibility index (Phi) is 6.62. The highest BCUT2D eigenvalue weighted by molar-refractivity contribution is 7.11. The monoisotopic (exact) mass is 297 g/mol. The van der Waals surface area contributed by atoms with Crippen molar-refractivity contribution in [3.8, 4) is 0 Å². The van der Waals surface area contributed by atoms with Gasteiger partial charge in [-0.25, -0.2) is 4.98 Å². The van der Waals surface area contributed by atoms with E-state index in [1.165, 1.54) is 16.3 Å². The van der Waals surface area contributed by atoms with Crippen molar-refractivity contribution < 1.29 is 0 Å². The number of nitrogens with one attached hydrogen (secondary N) is 1. The highest BCUT2D eigenvalue weighted by atomic mass is 32.1. The molecule has 1 N–H and O–H groups in total. The Hall–Kier alpha value is -0.450. The number of hydrogen-bond acceptors (Lipinski definition) is 4. The molecule has 0 aliphatic heterocycles. The van der Waals surface area contributed by atoms with Gasteiger partial charge in [0.05, 0.1) is 5.01 Å². The Bertz CT molecular complexity index is 381. The van der Waals surface area contributed by atoms with Gasteiger partial charge in [-0.2, -0.15) is 0 Å². The maximum absolute atomic E-state index is 4.56. The molecule has 0 saturated carbocycles. The van der Waals surface area contributed by atoms with Crippen molar-refractivity contribution in [3.63, 3.8) is 0 Å². The van der Waals surface area contributed by atoms with E-state index in [1.54, 1.807) is 0 Å². The van der Waals surface area contributed by atoms with Crippen molar-refractivity contribution >= 4 is 11.3 Å².